The third kappa shape index (κ3) is 5.68. The molecule has 0 saturated heterocycles. The molecule has 0 bridgehead atoms. The van der Waals surface area contributed by atoms with Gasteiger partial charge < -0.3 is 15.7 Å². The van der Waals surface area contributed by atoms with Crippen LogP contribution in [0.25, 0.3) is 0 Å². The Morgan fingerprint density at radius 1 is 1.18 bits per heavy atom. The summed E-state index contributed by atoms with van der Waals surface area (Å²) < 4.78 is 0. The second-order valence-electron chi connectivity index (χ2n) is 5.88. The van der Waals surface area contributed by atoms with Gasteiger partial charge in [-0.1, -0.05) is 20.8 Å². The fourth-order valence-electron chi connectivity index (χ4n) is 0.934. The van der Waals surface area contributed by atoms with Crippen LogP contribution < -0.4 is 10.6 Å². The van der Waals surface area contributed by atoms with Crippen molar-refractivity contribution in [1.82, 2.24) is 10.6 Å². The molecular formula is C12H24N2O3. The molecule has 0 aromatic heterocycles. The number of aliphatic hydroxyl groups excluding tert-OH is 1. The molecule has 1 unspecified atom stereocenters. The van der Waals surface area contributed by atoms with Crippen molar-refractivity contribution in [2.24, 2.45) is 5.41 Å². The van der Waals surface area contributed by atoms with Crippen LogP contribution in [0.2, 0.25) is 0 Å². The Balaban J connectivity index is 4.18. The van der Waals surface area contributed by atoms with Crippen LogP contribution in [-0.2, 0) is 9.59 Å². The molecule has 0 saturated carbocycles. The van der Waals surface area contributed by atoms with Crippen LogP contribution >= 0.6 is 0 Å². The summed E-state index contributed by atoms with van der Waals surface area (Å²) in [5.74, 6) is -0.490. The van der Waals surface area contributed by atoms with Crippen molar-refractivity contribution < 1.29 is 14.7 Å². The molecule has 17 heavy (non-hydrogen) atoms. The van der Waals surface area contributed by atoms with E-state index in [0.29, 0.717) is 0 Å². The second kappa shape index (κ2) is 5.49. The number of nitrogens with one attached hydrogen (secondary N) is 2. The average Bonchev–Trinajstić information content (AvgIpc) is 2.11. The number of carbonyl (C=O) groups is 2. The number of hydrogen-bond acceptors (Lipinski definition) is 3. The van der Waals surface area contributed by atoms with E-state index in [-0.39, 0.29) is 18.4 Å². The minimum atomic E-state index is -0.705. The summed E-state index contributed by atoms with van der Waals surface area (Å²) in [6.45, 7) is 10.3. The van der Waals surface area contributed by atoms with Crippen molar-refractivity contribution in [3.8, 4) is 0 Å². The second-order valence-corrected chi connectivity index (χ2v) is 5.88. The minimum Gasteiger partial charge on any atom is -0.391 e. The number of carbonyl (C=O) groups excluding carboxylic acids is 2. The summed E-state index contributed by atoms with van der Waals surface area (Å²) in [5.41, 5.74) is -1.22. The highest BCUT2D eigenvalue weighted by molar-refractivity contribution is 5.87. The predicted octanol–water partition coefficient (Wildman–Crippen LogP) is 0.424. The highest BCUT2D eigenvalue weighted by Crippen LogP contribution is 2.12. The first-order valence-corrected chi connectivity index (χ1v) is 5.74. The maximum absolute atomic E-state index is 11.6. The van der Waals surface area contributed by atoms with E-state index in [4.69, 9.17) is 0 Å². The monoisotopic (exact) mass is 244 g/mol. The largest absolute Gasteiger partial charge is 0.391 e. The van der Waals surface area contributed by atoms with Gasteiger partial charge in [0.2, 0.25) is 11.8 Å². The number of hydrogen-bond donors (Lipinski definition) is 3. The predicted molar refractivity (Wildman–Crippen MR) is 66.4 cm³/mol. The lowest BCUT2D eigenvalue weighted by molar-refractivity contribution is -0.132. The molecule has 0 aliphatic heterocycles. The van der Waals surface area contributed by atoms with E-state index in [1.54, 1.807) is 41.5 Å². The van der Waals surface area contributed by atoms with Crippen LogP contribution in [-0.4, -0.2) is 35.1 Å². The standard InChI is InChI=1S/C12H24N2O3/c1-8(15)12(5,6)14-9(16)7-13-10(17)11(2,3)4/h8,15H,7H2,1-6H3,(H,13,17)(H,14,16). The zero-order valence-electron chi connectivity index (χ0n) is 11.5. The summed E-state index contributed by atoms with van der Waals surface area (Å²) in [5, 5.41) is 14.6. The lowest BCUT2D eigenvalue weighted by Crippen LogP contribution is -2.54. The third-order valence-electron chi connectivity index (χ3n) is 2.60. The number of aliphatic hydroxyl groups is 1. The molecule has 0 aromatic rings. The van der Waals surface area contributed by atoms with Crippen molar-refractivity contribution in [3.63, 3.8) is 0 Å². The molecule has 5 nitrogen and oxygen atoms in total. The average molecular weight is 244 g/mol. The van der Waals surface area contributed by atoms with Gasteiger partial charge in [-0.15, -0.1) is 0 Å². The molecule has 0 fully saturated rings. The van der Waals surface area contributed by atoms with E-state index in [0.717, 1.165) is 0 Å². The molecule has 0 aliphatic rings. The Morgan fingerprint density at radius 2 is 1.65 bits per heavy atom. The van der Waals surface area contributed by atoms with Crippen LogP contribution in [0.3, 0.4) is 0 Å². The summed E-state index contributed by atoms with van der Waals surface area (Å²) >= 11 is 0. The van der Waals surface area contributed by atoms with Crippen molar-refractivity contribution in [2.45, 2.75) is 53.2 Å². The van der Waals surface area contributed by atoms with E-state index in [2.05, 4.69) is 10.6 Å². The quantitative estimate of drug-likeness (QED) is 0.671. The maximum Gasteiger partial charge on any atom is 0.239 e. The summed E-state index contributed by atoms with van der Waals surface area (Å²) in [6.07, 6.45) is -0.662. The van der Waals surface area contributed by atoms with Crippen molar-refractivity contribution in [2.75, 3.05) is 6.54 Å². The van der Waals surface area contributed by atoms with Gasteiger partial charge in [0, 0.05) is 5.41 Å². The first-order valence-electron chi connectivity index (χ1n) is 5.74. The Morgan fingerprint density at radius 3 is 2.00 bits per heavy atom. The third-order valence-corrected chi connectivity index (χ3v) is 2.60. The van der Waals surface area contributed by atoms with Crippen molar-refractivity contribution >= 4 is 11.8 Å². The molecule has 0 aromatic carbocycles. The van der Waals surface area contributed by atoms with Gasteiger partial charge in [-0.25, -0.2) is 0 Å². The van der Waals surface area contributed by atoms with E-state index in [1.165, 1.54) is 0 Å². The molecule has 0 heterocycles. The Hall–Kier alpha value is -1.10. The lowest BCUT2D eigenvalue weighted by atomic mass is 9.95. The first-order chi connectivity index (χ1) is 7.47. The normalized spacial score (nSPS) is 14.1. The van der Waals surface area contributed by atoms with Gasteiger partial charge in [0.25, 0.3) is 0 Å². The molecule has 1 atom stereocenters. The van der Waals surface area contributed by atoms with Crippen LogP contribution in [0.5, 0.6) is 0 Å². The Labute approximate surface area is 103 Å². The summed E-state index contributed by atoms with van der Waals surface area (Å²) in [7, 11) is 0. The van der Waals surface area contributed by atoms with Crippen molar-refractivity contribution in [3.05, 3.63) is 0 Å². The topological polar surface area (TPSA) is 78.4 Å². The summed E-state index contributed by atoms with van der Waals surface area (Å²) in [4.78, 5) is 23.1. The molecule has 2 amide bonds. The lowest BCUT2D eigenvalue weighted by Gasteiger charge is -2.29. The van der Waals surface area contributed by atoms with Gasteiger partial charge >= 0.3 is 0 Å². The van der Waals surface area contributed by atoms with Gasteiger partial charge in [0.1, 0.15) is 0 Å². The van der Waals surface area contributed by atoms with Crippen LogP contribution in [0.1, 0.15) is 41.5 Å². The highest BCUT2D eigenvalue weighted by Gasteiger charge is 2.27. The van der Waals surface area contributed by atoms with Gasteiger partial charge in [0.05, 0.1) is 18.2 Å². The summed E-state index contributed by atoms with van der Waals surface area (Å²) in [6, 6.07) is 0. The minimum absolute atomic E-state index is 0.0771. The fourth-order valence-corrected chi connectivity index (χ4v) is 0.934. The van der Waals surface area contributed by atoms with Crippen LogP contribution in [0, 0.1) is 5.41 Å². The van der Waals surface area contributed by atoms with E-state index in [1.807, 2.05) is 0 Å². The SMILES string of the molecule is CC(O)C(C)(C)NC(=O)CNC(=O)C(C)(C)C. The molecule has 100 valence electrons. The number of amides is 2. The van der Waals surface area contributed by atoms with E-state index >= 15 is 0 Å². The fraction of sp³-hybridized carbons (Fsp3) is 0.833. The molecule has 0 radical (unpaired) electrons. The van der Waals surface area contributed by atoms with E-state index in [9.17, 15) is 14.7 Å². The first kappa shape index (κ1) is 15.9. The molecule has 0 rings (SSSR count). The molecule has 3 N–H and O–H groups in total. The highest BCUT2D eigenvalue weighted by atomic mass is 16.3. The van der Waals surface area contributed by atoms with Crippen LogP contribution in [0.4, 0.5) is 0 Å². The molecule has 0 aliphatic carbocycles. The van der Waals surface area contributed by atoms with Gasteiger partial charge in [-0.3, -0.25) is 9.59 Å². The zero-order chi connectivity index (χ0) is 13.9. The molecular weight excluding hydrogens is 220 g/mol. The van der Waals surface area contributed by atoms with Crippen LogP contribution in [0.15, 0.2) is 0 Å². The smallest absolute Gasteiger partial charge is 0.239 e. The Kier molecular flexibility index (Phi) is 5.13. The number of rotatable bonds is 4. The van der Waals surface area contributed by atoms with Gasteiger partial charge in [-0.05, 0) is 20.8 Å². The Bertz CT molecular complexity index is 291. The molecule has 0 spiro atoms. The van der Waals surface area contributed by atoms with Crippen molar-refractivity contribution in [1.29, 1.82) is 0 Å². The van der Waals surface area contributed by atoms with Gasteiger partial charge in [0.15, 0.2) is 0 Å². The maximum atomic E-state index is 11.6. The van der Waals surface area contributed by atoms with E-state index < -0.39 is 17.1 Å². The van der Waals surface area contributed by atoms with Gasteiger partial charge in [-0.2, -0.15) is 0 Å². The zero-order valence-corrected chi connectivity index (χ0v) is 11.5. The molecule has 5 heteroatoms.